The zero-order valence-electron chi connectivity index (χ0n) is 15.8. The Hall–Kier alpha value is -2.99. The van der Waals surface area contributed by atoms with Crippen LogP contribution in [0.15, 0.2) is 60.7 Å². The number of ether oxygens (including phenoxy) is 3. The lowest BCUT2D eigenvalue weighted by Gasteiger charge is -2.11. The van der Waals surface area contributed by atoms with Gasteiger partial charge in [-0.1, -0.05) is 18.7 Å². The molecule has 2 rings (SSSR count). The quantitative estimate of drug-likeness (QED) is 0.466. The Morgan fingerprint density at radius 3 is 2.37 bits per heavy atom. The van der Waals surface area contributed by atoms with Crippen molar-refractivity contribution in [2.45, 2.75) is 6.92 Å². The highest BCUT2D eigenvalue weighted by atomic mass is 16.5. The summed E-state index contributed by atoms with van der Waals surface area (Å²) in [5.41, 5.74) is 2.43. The van der Waals surface area contributed by atoms with Crippen LogP contribution in [0.1, 0.15) is 6.92 Å². The Balaban J connectivity index is 1.83. The van der Waals surface area contributed by atoms with Gasteiger partial charge in [0.25, 0.3) is 0 Å². The van der Waals surface area contributed by atoms with Crippen molar-refractivity contribution >= 4 is 17.3 Å². The van der Waals surface area contributed by atoms with Crippen LogP contribution in [-0.2, 0) is 9.53 Å². The van der Waals surface area contributed by atoms with E-state index in [0.29, 0.717) is 31.3 Å². The van der Waals surface area contributed by atoms with Gasteiger partial charge >= 0.3 is 0 Å². The largest absolute Gasteiger partial charge is 0.491 e. The summed E-state index contributed by atoms with van der Waals surface area (Å²) in [5.74, 6) is 1.25. The number of anilines is 2. The SMILES string of the molecule is C=C(C)COc1cccc(NCC(=O)Nc2cccc(OCCOC)c2)c1. The molecule has 0 heterocycles. The zero-order chi connectivity index (χ0) is 19.5. The van der Waals surface area contributed by atoms with E-state index >= 15 is 0 Å². The molecular formula is C21H26N2O4. The molecule has 0 unspecified atom stereocenters. The Morgan fingerprint density at radius 1 is 1.00 bits per heavy atom. The van der Waals surface area contributed by atoms with E-state index in [1.807, 2.05) is 49.4 Å². The molecule has 0 saturated carbocycles. The topological polar surface area (TPSA) is 68.8 Å². The van der Waals surface area contributed by atoms with Crippen molar-refractivity contribution in [1.29, 1.82) is 0 Å². The standard InChI is InChI=1S/C21H26N2O4/c1-16(2)15-27-20-9-4-6-17(12-20)22-14-21(24)23-18-7-5-8-19(13-18)26-11-10-25-3/h4-9,12-13,22H,1,10-11,14-15H2,2-3H3,(H,23,24). The van der Waals surface area contributed by atoms with Gasteiger partial charge in [0.05, 0.1) is 13.2 Å². The molecule has 2 aromatic rings. The maximum atomic E-state index is 12.2. The average Bonchev–Trinajstić information content (AvgIpc) is 2.66. The number of carbonyl (C=O) groups is 1. The van der Waals surface area contributed by atoms with Crippen LogP contribution in [0.5, 0.6) is 11.5 Å². The maximum Gasteiger partial charge on any atom is 0.243 e. The van der Waals surface area contributed by atoms with Gasteiger partial charge in [0.1, 0.15) is 24.7 Å². The van der Waals surface area contributed by atoms with E-state index in [4.69, 9.17) is 14.2 Å². The number of methoxy groups -OCH3 is 1. The molecule has 1 amide bonds. The lowest BCUT2D eigenvalue weighted by molar-refractivity contribution is -0.114. The third-order valence-corrected chi connectivity index (χ3v) is 3.45. The molecule has 0 atom stereocenters. The second-order valence-electron chi connectivity index (χ2n) is 6.04. The lowest BCUT2D eigenvalue weighted by Crippen LogP contribution is -2.21. The van der Waals surface area contributed by atoms with Crippen LogP contribution in [0.3, 0.4) is 0 Å². The van der Waals surface area contributed by atoms with Crippen molar-refractivity contribution in [2.75, 3.05) is 44.1 Å². The van der Waals surface area contributed by atoms with Crippen LogP contribution in [0.2, 0.25) is 0 Å². The summed E-state index contributed by atoms with van der Waals surface area (Å²) in [6.45, 7) is 7.29. The van der Waals surface area contributed by atoms with E-state index in [1.54, 1.807) is 13.2 Å². The Morgan fingerprint density at radius 2 is 1.67 bits per heavy atom. The fraction of sp³-hybridized carbons (Fsp3) is 0.286. The van der Waals surface area contributed by atoms with E-state index in [1.165, 1.54) is 0 Å². The fourth-order valence-corrected chi connectivity index (χ4v) is 2.20. The minimum absolute atomic E-state index is 0.138. The van der Waals surface area contributed by atoms with Crippen LogP contribution in [0, 0.1) is 0 Å². The maximum absolute atomic E-state index is 12.2. The number of hydrogen-bond donors (Lipinski definition) is 2. The van der Waals surface area contributed by atoms with Crippen molar-refractivity contribution in [3.8, 4) is 11.5 Å². The molecule has 0 spiro atoms. The summed E-state index contributed by atoms with van der Waals surface area (Å²) in [6, 6.07) is 14.7. The summed E-state index contributed by atoms with van der Waals surface area (Å²) in [7, 11) is 1.62. The Bertz CT molecular complexity index is 761. The van der Waals surface area contributed by atoms with Crippen LogP contribution in [0.4, 0.5) is 11.4 Å². The molecule has 6 nitrogen and oxygen atoms in total. The first-order chi connectivity index (χ1) is 13.1. The van der Waals surface area contributed by atoms with Crippen molar-refractivity contribution in [2.24, 2.45) is 0 Å². The van der Waals surface area contributed by atoms with Gasteiger partial charge in [-0.2, -0.15) is 0 Å². The summed E-state index contributed by atoms with van der Waals surface area (Å²) in [5, 5.41) is 5.93. The molecule has 144 valence electrons. The second kappa shape index (κ2) is 10.9. The predicted molar refractivity (Wildman–Crippen MR) is 108 cm³/mol. The van der Waals surface area contributed by atoms with Gasteiger partial charge in [-0.25, -0.2) is 0 Å². The predicted octanol–water partition coefficient (Wildman–Crippen LogP) is 3.72. The molecule has 0 aliphatic heterocycles. The smallest absolute Gasteiger partial charge is 0.243 e. The van der Waals surface area contributed by atoms with Gasteiger partial charge in [0.2, 0.25) is 5.91 Å². The fourth-order valence-electron chi connectivity index (χ4n) is 2.20. The van der Waals surface area contributed by atoms with Gasteiger partial charge < -0.3 is 24.8 Å². The molecule has 0 saturated heterocycles. The number of hydrogen-bond acceptors (Lipinski definition) is 5. The number of carbonyl (C=O) groups excluding carboxylic acids is 1. The van der Waals surface area contributed by atoms with Crippen molar-refractivity contribution < 1.29 is 19.0 Å². The van der Waals surface area contributed by atoms with E-state index in [2.05, 4.69) is 17.2 Å². The zero-order valence-corrected chi connectivity index (χ0v) is 15.8. The van der Waals surface area contributed by atoms with Gasteiger partial charge in [-0.15, -0.1) is 0 Å². The van der Waals surface area contributed by atoms with Crippen molar-refractivity contribution in [1.82, 2.24) is 0 Å². The van der Waals surface area contributed by atoms with E-state index in [9.17, 15) is 4.79 Å². The number of benzene rings is 2. The molecule has 6 heteroatoms. The lowest BCUT2D eigenvalue weighted by atomic mass is 10.3. The molecule has 0 radical (unpaired) electrons. The molecule has 2 N–H and O–H groups in total. The normalized spacial score (nSPS) is 10.1. The Kier molecular flexibility index (Phi) is 8.19. The van der Waals surface area contributed by atoms with Gasteiger partial charge in [0, 0.05) is 30.6 Å². The third kappa shape index (κ3) is 7.83. The first kappa shape index (κ1) is 20.3. The summed E-state index contributed by atoms with van der Waals surface area (Å²) in [4.78, 5) is 12.2. The number of amides is 1. The van der Waals surface area contributed by atoms with E-state index in [0.717, 1.165) is 17.0 Å². The van der Waals surface area contributed by atoms with Crippen LogP contribution in [0.25, 0.3) is 0 Å². The molecule has 27 heavy (non-hydrogen) atoms. The minimum atomic E-state index is -0.155. The first-order valence-corrected chi connectivity index (χ1v) is 8.69. The number of rotatable bonds is 11. The molecule has 0 aliphatic rings. The molecule has 0 bridgehead atoms. The highest BCUT2D eigenvalue weighted by molar-refractivity contribution is 5.93. The average molecular weight is 370 g/mol. The molecule has 0 aromatic heterocycles. The second-order valence-corrected chi connectivity index (χ2v) is 6.04. The van der Waals surface area contributed by atoms with E-state index < -0.39 is 0 Å². The van der Waals surface area contributed by atoms with Gasteiger partial charge in [0.15, 0.2) is 0 Å². The minimum Gasteiger partial charge on any atom is -0.491 e. The van der Waals surface area contributed by atoms with Gasteiger partial charge in [-0.05, 0) is 36.8 Å². The van der Waals surface area contributed by atoms with Crippen LogP contribution < -0.4 is 20.1 Å². The number of nitrogens with one attached hydrogen (secondary N) is 2. The molecule has 0 fully saturated rings. The summed E-state index contributed by atoms with van der Waals surface area (Å²) in [6.07, 6.45) is 0. The van der Waals surface area contributed by atoms with Crippen molar-refractivity contribution in [3.05, 3.63) is 60.7 Å². The summed E-state index contributed by atoms with van der Waals surface area (Å²) >= 11 is 0. The molecular weight excluding hydrogens is 344 g/mol. The monoisotopic (exact) mass is 370 g/mol. The first-order valence-electron chi connectivity index (χ1n) is 8.69. The highest BCUT2D eigenvalue weighted by Gasteiger charge is 2.05. The van der Waals surface area contributed by atoms with Crippen molar-refractivity contribution in [3.63, 3.8) is 0 Å². The third-order valence-electron chi connectivity index (χ3n) is 3.45. The summed E-state index contributed by atoms with van der Waals surface area (Å²) < 4.78 is 16.1. The molecule has 2 aromatic carbocycles. The Labute approximate surface area is 160 Å². The van der Waals surface area contributed by atoms with Crippen LogP contribution in [-0.4, -0.2) is 39.4 Å². The van der Waals surface area contributed by atoms with Crippen LogP contribution >= 0.6 is 0 Å². The van der Waals surface area contributed by atoms with Gasteiger partial charge in [-0.3, -0.25) is 4.79 Å². The van der Waals surface area contributed by atoms with E-state index in [-0.39, 0.29) is 12.5 Å². The highest BCUT2D eigenvalue weighted by Crippen LogP contribution is 2.19. The molecule has 0 aliphatic carbocycles.